The van der Waals surface area contributed by atoms with Gasteiger partial charge < -0.3 is 5.32 Å². The zero-order chi connectivity index (χ0) is 14.7. The summed E-state index contributed by atoms with van der Waals surface area (Å²) in [6.07, 6.45) is 0. The zero-order valence-corrected chi connectivity index (χ0v) is 12.9. The maximum absolute atomic E-state index is 12.2. The van der Waals surface area contributed by atoms with E-state index in [1.165, 1.54) is 0 Å². The van der Waals surface area contributed by atoms with Gasteiger partial charge in [-0.1, -0.05) is 33.6 Å². The monoisotopic (exact) mass is 348 g/mol. The Bertz CT molecular complexity index is 722. The van der Waals surface area contributed by atoms with E-state index in [1.807, 2.05) is 13.0 Å². The van der Waals surface area contributed by atoms with E-state index in [9.17, 15) is 4.79 Å². The molecule has 1 N–H and O–H groups in total. The highest BCUT2D eigenvalue weighted by Gasteiger charge is 2.12. The Morgan fingerprint density at radius 1 is 1.30 bits per heavy atom. The number of anilines is 1. The Morgan fingerprint density at radius 2 is 2.05 bits per heavy atom. The summed E-state index contributed by atoms with van der Waals surface area (Å²) in [5.74, 6) is -0.305. The summed E-state index contributed by atoms with van der Waals surface area (Å²) in [6, 6.07) is 12.2. The molecule has 5 heteroatoms. The van der Waals surface area contributed by atoms with Crippen LogP contribution in [0.25, 0.3) is 0 Å². The lowest BCUT2D eigenvalue weighted by Crippen LogP contribution is -2.13. The normalized spacial score (nSPS) is 9.90. The number of aryl methyl sites for hydroxylation is 1. The Labute approximate surface area is 130 Å². The fourth-order valence-electron chi connectivity index (χ4n) is 1.69. The lowest BCUT2D eigenvalue weighted by molar-refractivity contribution is 0.102. The van der Waals surface area contributed by atoms with Crippen LogP contribution in [-0.4, -0.2) is 5.91 Å². The average molecular weight is 350 g/mol. The molecular formula is C15H10BrClN2O. The number of carbonyl (C=O) groups is 1. The molecule has 0 saturated heterocycles. The second-order valence-corrected chi connectivity index (χ2v) is 5.54. The van der Waals surface area contributed by atoms with E-state index < -0.39 is 0 Å². The van der Waals surface area contributed by atoms with Gasteiger partial charge in [0.1, 0.15) is 0 Å². The van der Waals surface area contributed by atoms with Crippen LogP contribution in [0, 0.1) is 18.3 Å². The van der Waals surface area contributed by atoms with Crippen molar-refractivity contribution in [3.05, 3.63) is 62.6 Å². The number of nitrogens with one attached hydrogen (secondary N) is 1. The van der Waals surface area contributed by atoms with E-state index in [1.54, 1.807) is 36.4 Å². The molecule has 3 nitrogen and oxygen atoms in total. The van der Waals surface area contributed by atoms with Gasteiger partial charge >= 0.3 is 0 Å². The minimum atomic E-state index is -0.305. The topological polar surface area (TPSA) is 52.9 Å². The summed E-state index contributed by atoms with van der Waals surface area (Å²) in [6.45, 7) is 1.86. The molecule has 100 valence electrons. The van der Waals surface area contributed by atoms with Crippen molar-refractivity contribution in [2.45, 2.75) is 6.92 Å². The van der Waals surface area contributed by atoms with Crippen molar-refractivity contribution in [1.82, 2.24) is 0 Å². The Morgan fingerprint density at radius 3 is 2.70 bits per heavy atom. The smallest absolute Gasteiger partial charge is 0.257 e. The Hall–Kier alpha value is -1.83. The van der Waals surface area contributed by atoms with Crippen molar-refractivity contribution in [1.29, 1.82) is 5.26 Å². The van der Waals surface area contributed by atoms with Gasteiger partial charge in [-0.2, -0.15) is 5.26 Å². The highest BCUT2D eigenvalue weighted by molar-refractivity contribution is 9.10. The van der Waals surface area contributed by atoms with Crippen LogP contribution < -0.4 is 5.32 Å². The summed E-state index contributed by atoms with van der Waals surface area (Å²) >= 11 is 9.34. The van der Waals surface area contributed by atoms with Gasteiger partial charge in [-0.15, -0.1) is 0 Å². The number of hydrogen-bond acceptors (Lipinski definition) is 2. The van der Waals surface area contributed by atoms with Crippen molar-refractivity contribution in [2.75, 3.05) is 5.32 Å². The van der Waals surface area contributed by atoms with Crippen LogP contribution in [0.1, 0.15) is 21.5 Å². The first kappa shape index (κ1) is 14.6. The lowest BCUT2D eigenvalue weighted by atomic mass is 10.1. The maximum atomic E-state index is 12.2. The van der Waals surface area contributed by atoms with Gasteiger partial charge in [0.2, 0.25) is 0 Å². The number of benzene rings is 2. The molecule has 0 saturated carbocycles. The molecule has 0 aromatic heterocycles. The SMILES string of the molecule is Cc1ccc(C#N)cc1NC(=O)c1ccc(Br)cc1Cl. The van der Waals surface area contributed by atoms with Crippen LogP contribution in [0.3, 0.4) is 0 Å². The molecule has 0 atom stereocenters. The Balaban J connectivity index is 2.30. The van der Waals surface area contributed by atoms with Gasteiger partial charge in [-0.05, 0) is 42.8 Å². The van der Waals surface area contributed by atoms with Crippen molar-refractivity contribution in [3.8, 4) is 6.07 Å². The molecule has 0 heterocycles. The molecule has 2 aromatic carbocycles. The third-order valence-electron chi connectivity index (χ3n) is 2.79. The molecule has 0 fully saturated rings. The maximum Gasteiger partial charge on any atom is 0.257 e. The third-order valence-corrected chi connectivity index (χ3v) is 3.60. The Kier molecular flexibility index (Phi) is 4.43. The van der Waals surface area contributed by atoms with E-state index in [0.717, 1.165) is 10.0 Å². The summed E-state index contributed by atoms with van der Waals surface area (Å²) in [5, 5.41) is 12.0. The predicted octanol–water partition coefficient (Wildman–Crippen LogP) is 4.53. The minimum absolute atomic E-state index is 0.305. The number of halogens is 2. The van der Waals surface area contributed by atoms with Gasteiger partial charge in [0.25, 0.3) is 5.91 Å². The first-order valence-corrected chi connectivity index (χ1v) is 6.95. The molecule has 0 spiro atoms. The van der Waals surface area contributed by atoms with Gasteiger partial charge in [0.15, 0.2) is 0 Å². The summed E-state index contributed by atoms with van der Waals surface area (Å²) in [7, 11) is 0. The standard InChI is InChI=1S/C15H10BrClN2O/c1-9-2-3-10(8-18)6-14(9)19-15(20)12-5-4-11(16)7-13(12)17/h2-7H,1H3,(H,19,20). The van der Waals surface area contributed by atoms with Crippen LogP contribution in [-0.2, 0) is 0 Å². The summed E-state index contributed by atoms with van der Waals surface area (Å²) < 4.78 is 0.807. The van der Waals surface area contributed by atoms with Crippen LogP contribution in [0.5, 0.6) is 0 Å². The molecular weight excluding hydrogens is 340 g/mol. The zero-order valence-electron chi connectivity index (χ0n) is 10.6. The minimum Gasteiger partial charge on any atom is -0.322 e. The number of rotatable bonds is 2. The quantitative estimate of drug-likeness (QED) is 0.865. The summed E-state index contributed by atoms with van der Waals surface area (Å²) in [5.41, 5.74) is 2.36. The molecule has 0 aliphatic heterocycles. The average Bonchev–Trinajstić information content (AvgIpc) is 2.41. The number of hydrogen-bond donors (Lipinski definition) is 1. The van der Waals surface area contributed by atoms with Gasteiger partial charge in [-0.25, -0.2) is 0 Å². The predicted molar refractivity (Wildman–Crippen MR) is 83.0 cm³/mol. The van der Waals surface area contributed by atoms with E-state index in [0.29, 0.717) is 21.8 Å². The lowest BCUT2D eigenvalue weighted by Gasteiger charge is -2.10. The molecule has 0 unspecified atom stereocenters. The molecule has 2 aromatic rings. The highest BCUT2D eigenvalue weighted by Crippen LogP contribution is 2.23. The second-order valence-electron chi connectivity index (χ2n) is 4.22. The van der Waals surface area contributed by atoms with Gasteiger partial charge in [-0.3, -0.25) is 4.79 Å². The first-order valence-electron chi connectivity index (χ1n) is 5.78. The van der Waals surface area contributed by atoms with Crippen molar-refractivity contribution in [3.63, 3.8) is 0 Å². The van der Waals surface area contributed by atoms with Crippen molar-refractivity contribution in [2.24, 2.45) is 0 Å². The first-order chi connectivity index (χ1) is 9.51. The third kappa shape index (κ3) is 3.19. The van der Waals surface area contributed by atoms with E-state index >= 15 is 0 Å². The van der Waals surface area contributed by atoms with Crippen LogP contribution >= 0.6 is 27.5 Å². The van der Waals surface area contributed by atoms with E-state index in [-0.39, 0.29) is 5.91 Å². The molecule has 0 radical (unpaired) electrons. The van der Waals surface area contributed by atoms with Crippen LogP contribution in [0.2, 0.25) is 5.02 Å². The fraction of sp³-hybridized carbons (Fsp3) is 0.0667. The number of amides is 1. The van der Waals surface area contributed by atoms with Crippen molar-refractivity contribution >= 4 is 39.1 Å². The number of carbonyl (C=O) groups excluding carboxylic acids is 1. The second kappa shape index (κ2) is 6.08. The van der Waals surface area contributed by atoms with E-state index in [4.69, 9.17) is 16.9 Å². The molecule has 0 aliphatic rings. The summed E-state index contributed by atoms with van der Waals surface area (Å²) in [4.78, 5) is 12.2. The number of nitrogens with zero attached hydrogens (tertiary/aromatic N) is 1. The fourth-order valence-corrected chi connectivity index (χ4v) is 2.45. The van der Waals surface area contributed by atoms with Crippen LogP contribution in [0.15, 0.2) is 40.9 Å². The highest BCUT2D eigenvalue weighted by atomic mass is 79.9. The van der Waals surface area contributed by atoms with Crippen LogP contribution in [0.4, 0.5) is 5.69 Å². The van der Waals surface area contributed by atoms with Gasteiger partial charge in [0, 0.05) is 10.2 Å². The molecule has 0 bridgehead atoms. The largest absolute Gasteiger partial charge is 0.322 e. The molecule has 2 rings (SSSR count). The van der Waals surface area contributed by atoms with Crippen molar-refractivity contribution < 1.29 is 4.79 Å². The van der Waals surface area contributed by atoms with Gasteiger partial charge in [0.05, 0.1) is 22.2 Å². The molecule has 0 aliphatic carbocycles. The number of nitriles is 1. The molecule has 20 heavy (non-hydrogen) atoms. The van der Waals surface area contributed by atoms with E-state index in [2.05, 4.69) is 21.2 Å². The molecule has 1 amide bonds.